The first-order chi connectivity index (χ1) is 9.29. The number of carboxylic acid groups (broad SMARTS) is 1. The molecular weight excluding hydrogens is 273 g/mol. The summed E-state index contributed by atoms with van der Waals surface area (Å²) >= 11 is 0. The molecule has 3 N–H and O–H groups in total. The number of aromatic nitrogens is 1. The van der Waals surface area contributed by atoms with Crippen LogP contribution in [0.5, 0.6) is 0 Å². The van der Waals surface area contributed by atoms with Crippen LogP contribution in [0, 0.1) is 0 Å². The largest absolute Gasteiger partial charge is 0.476 e. The number of alkyl halides is 3. The Balaban J connectivity index is 2.42. The van der Waals surface area contributed by atoms with Crippen molar-refractivity contribution in [2.24, 2.45) is 0 Å². The van der Waals surface area contributed by atoms with Crippen molar-refractivity contribution < 1.29 is 23.1 Å². The predicted octanol–water partition coefficient (Wildman–Crippen LogP) is 3.05. The number of nitrogen functional groups attached to an aromatic ring is 1. The third-order valence-electron chi connectivity index (χ3n) is 2.64. The second-order valence-corrected chi connectivity index (χ2v) is 4.01. The number of nitrogens with zero attached hydrogens (tertiary/aromatic N) is 1. The van der Waals surface area contributed by atoms with Crippen LogP contribution < -0.4 is 5.73 Å². The molecule has 7 heteroatoms. The van der Waals surface area contributed by atoms with Gasteiger partial charge in [-0.05, 0) is 24.3 Å². The first-order valence-electron chi connectivity index (χ1n) is 5.46. The number of anilines is 1. The van der Waals surface area contributed by atoms with Gasteiger partial charge in [-0.3, -0.25) is 0 Å². The molecule has 1 heterocycles. The van der Waals surface area contributed by atoms with Crippen LogP contribution in [0.1, 0.15) is 16.1 Å². The molecule has 0 unspecified atom stereocenters. The Hall–Kier alpha value is -2.57. The summed E-state index contributed by atoms with van der Waals surface area (Å²) in [5.41, 5.74) is 4.95. The highest BCUT2D eigenvalue weighted by atomic mass is 19.4. The van der Waals surface area contributed by atoms with E-state index in [1.54, 1.807) is 0 Å². The van der Waals surface area contributed by atoms with Crippen molar-refractivity contribution in [1.29, 1.82) is 0 Å². The van der Waals surface area contributed by atoms with Gasteiger partial charge in [-0.15, -0.1) is 0 Å². The molecule has 0 aliphatic rings. The summed E-state index contributed by atoms with van der Waals surface area (Å²) in [7, 11) is 0. The molecule has 4 nitrogen and oxygen atoms in total. The summed E-state index contributed by atoms with van der Waals surface area (Å²) in [5.74, 6) is -1.30. The highest BCUT2D eigenvalue weighted by Crippen LogP contribution is 2.30. The molecular formula is C13H9F3N2O2. The maximum absolute atomic E-state index is 12.4. The molecule has 20 heavy (non-hydrogen) atoms. The van der Waals surface area contributed by atoms with E-state index in [1.807, 2.05) is 0 Å². The number of halogens is 3. The van der Waals surface area contributed by atoms with E-state index in [1.165, 1.54) is 24.3 Å². The van der Waals surface area contributed by atoms with E-state index in [0.29, 0.717) is 5.56 Å². The molecule has 0 fully saturated rings. The first-order valence-corrected chi connectivity index (χ1v) is 5.46. The Morgan fingerprint density at radius 2 is 1.70 bits per heavy atom. The fourth-order valence-electron chi connectivity index (χ4n) is 1.63. The van der Waals surface area contributed by atoms with E-state index in [2.05, 4.69) is 4.98 Å². The molecule has 0 radical (unpaired) electrons. The molecule has 0 amide bonds. The molecule has 0 atom stereocenters. The summed E-state index contributed by atoms with van der Waals surface area (Å²) in [6.07, 6.45) is -4.42. The normalized spacial score (nSPS) is 11.3. The van der Waals surface area contributed by atoms with Crippen molar-refractivity contribution in [2.75, 3.05) is 5.73 Å². The molecule has 0 spiro atoms. The zero-order chi connectivity index (χ0) is 14.9. The summed E-state index contributed by atoms with van der Waals surface area (Å²) < 4.78 is 37.3. The van der Waals surface area contributed by atoms with Gasteiger partial charge in [-0.25, -0.2) is 9.78 Å². The molecule has 0 aliphatic heterocycles. The van der Waals surface area contributed by atoms with Crippen LogP contribution in [0.2, 0.25) is 0 Å². The molecule has 0 saturated heterocycles. The van der Waals surface area contributed by atoms with Crippen molar-refractivity contribution in [1.82, 2.24) is 4.98 Å². The average molecular weight is 282 g/mol. The number of rotatable bonds is 2. The molecule has 2 rings (SSSR count). The van der Waals surface area contributed by atoms with Crippen molar-refractivity contribution in [3.63, 3.8) is 0 Å². The van der Waals surface area contributed by atoms with Crippen LogP contribution in [-0.2, 0) is 6.18 Å². The summed E-state index contributed by atoms with van der Waals surface area (Å²) in [5, 5.41) is 8.90. The molecule has 1 aromatic carbocycles. The van der Waals surface area contributed by atoms with Crippen LogP contribution >= 0.6 is 0 Å². The minimum absolute atomic E-state index is 0.00633. The standard InChI is InChI=1S/C13H9F3N2O2/c14-13(15,16)8-3-1-7(2-4-8)10-6-5-9(17)11(18-10)12(19)20/h1-6H,17H2,(H,19,20). The van der Waals surface area contributed by atoms with Gasteiger partial charge in [0.05, 0.1) is 16.9 Å². The van der Waals surface area contributed by atoms with Gasteiger partial charge in [0.25, 0.3) is 0 Å². The van der Waals surface area contributed by atoms with Crippen molar-refractivity contribution in [3.8, 4) is 11.3 Å². The number of carbonyl (C=O) groups is 1. The summed E-state index contributed by atoms with van der Waals surface area (Å²) in [4.78, 5) is 14.7. The lowest BCUT2D eigenvalue weighted by Gasteiger charge is -2.08. The van der Waals surface area contributed by atoms with Gasteiger partial charge in [-0.1, -0.05) is 12.1 Å². The Morgan fingerprint density at radius 1 is 1.10 bits per heavy atom. The van der Waals surface area contributed by atoms with Crippen LogP contribution in [0.4, 0.5) is 18.9 Å². The molecule has 104 valence electrons. The van der Waals surface area contributed by atoms with Crippen LogP contribution in [-0.4, -0.2) is 16.1 Å². The van der Waals surface area contributed by atoms with Crippen molar-refractivity contribution in [3.05, 3.63) is 47.7 Å². The summed E-state index contributed by atoms with van der Waals surface area (Å²) in [6, 6.07) is 7.08. The SMILES string of the molecule is Nc1ccc(-c2ccc(C(F)(F)F)cc2)nc1C(=O)O. The van der Waals surface area contributed by atoms with Gasteiger partial charge in [0.15, 0.2) is 5.69 Å². The van der Waals surface area contributed by atoms with Crippen LogP contribution in [0.25, 0.3) is 11.3 Å². The lowest BCUT2D eigenvalue weighted by molar-refractivity contribution is -0.137. The van der Waals surface area contributed by atoms with Crippen LogP contribution in [0.3, 0.4) is 0 Å². The second-order valence-electron chi connectivity index (χ2n) is 4.01. The topological polar surface area (TPSA) is 76.2 Å². The zero-order valence-electron chi connectivity index (χ0n) is 9.98. The fourth-order valence-corrected chi connectivity index (χ4v) is 1.63. The number of carboxylic acids is 1. The van der Waals surface area contributed by atoms with Crippen molar-refractivity contribution in [2.45, 2.75) is 6.18 Å². The van der Waals surface area contributed by atoms with E-state index in [4.69, 9.17) is 10.8 Å². The Morgan fingerprint density at radius 3 is 2.20 bits per heavy atom. The minimum atomic E-state index is -4.42. The Bertz CT molecular complexity index is 652. The van der Waals surface area contributed by atoms with Crippen LogP contribution in [0.15, 0.2) is 36.4 Å². The Kier molecular flexibility index (Phi) is 3.35. The number of hydrogen-bond donors (Lipinski definition) is 2. The molecule has 1 aromatic heterocycles. The molecule has 2 aromatic rings. The third-order valence-corrected chi connectivity index (χ3v) is 2.64. The quantitative estimate of drug-likeness (QED) is 0.887. The van der Waals surface area contributed by atoms with E-state index in [-0.39, 0.29) is 17.1 Å². The maximum atomic E-state index is 12.4. The molecule has 0 saturated carbocycles. The lowest BCUT2D eigenvalue weighted by Crippen LogP contribution is -2.06. The van der Waals surface area contributed by atoms with Gasteiger partial charge >= 0.3 is 12.1 Å². The van der Waals surface area contributed by atoms with Gasteiger partial charge < -0.3 is 10.8 Å². The molecule has 0 aliphatic carbocycles. The van der Waals surface area contributed by atoms with Gasteiger partial charge in [0, 0.05) is 5.56 Å². The minimum Gasteiger partial charge on any atom is -0.476 e. The first kappa shape index (κ1) is 13.9. The predicted molar refractivity (Wildman–Crippen MR) is 66.0 cm³/mol. The number of aromatic carboxylic acids is 1. The fraction of sp³-hybridized carbons (Fsp3) is 0.0769. The number of nitrogens with two attached hydrogens (primary N) is 1. The number of benzene rings is 1. The maximum Gasteiger partial charge on any atom is 0.416 e. The van der Waals surface area contributed by atoms with E-state index >= 15 is 0 Å². The molecule has 0 bridgehead atoms. The van der Waals surface area contributed by atoms with Gasteiger partial charge in [0.2, 0.25) is 0 Å². The third kappa shape index (κ3) is 2.71. The smallest absolute Gasteiger partial charge is 0.416 e. The zero-order valence-corrected chi connectivity index (χ0v) is 9.98. The second kappa shape index (κ2) is 4.84. The number of hydrogen-bond acceptors (Lipinski definition) is 3. The van der Waals surface area contributed by atoms with Crippen molar-refractivity contribution >= 4 is 11.7 Å². The van der Waals surface area contributed by atoms with Gasteiger partial charge in [-0.2, -0.15) is 13.2 Å². The lowest BCUT2D eigenvalue weighted by atomic mass is 10.1. The summed E-state index contributed by atoms with van der Waals surface area (Å²) in [6.45, 7) is 0. The van der Waals surface area contributed by atoms with E-state index in [9.17, 15) is 18.0 Å². The van der Waals surface area contributed by atoms with Gasteiger partial charge in [0.1, 0.15) is 0 Å². The highest BCUT2D eigenvalue weighted by molar-refractivity contribution is 5.92. The highest BCUT2D eigenvalue weighted by Gasteiger charge is 2.30. The van der Waals surface area contributed by atoms with E-state index < -0.39 is 17.7 Å². The number of pyridine rings is 1. The van der Waals surface area contributed by atoms with E-state index in [0.717, 1.165) is 12.1 Å². The monoisotopic (exact) mass is 282 g/mol. The Labute approximate surface area is 111 Å². The average Bonchev–Trinajstić information content (AvgIpc) is 2.38.